The molecule has 1 aromatic heterocycles. The Bertz CT molecular complexity index is 1520. The van der Waals surface area contributed by atoms with Crippen molar-refractivity contribution in [3.63, 3.8) is 0 Å². The van der Waals surface area contributed by atoms with Crippen LogP contribution >= 0.6 is 23.4 Å². The molecule has 5 rings (SSSR count). The fourth-order valence-electron chi connectivity index (χ4n) is 5.60. The third-order valence-corrected chi connectivity index (χ3v) is 10.3. The van der Waals surface area contributed by atoms with Crippen molar-refractivity contribution in [1.82, 2.24) is 9.88 Å². The maximum Gasteiger partial charge on any atom is 0.222 e. The molecule has 2 aliphatic carbocycles. The van der Waals surface area contributed by atoms with Gasteiger partial charge in [0.2, 0.25) is 5.91 Å². The number of halogens is 1. The van der Waals surface area contributed by atoms with E-state index in [0.717, 1.165) is 58.6 Å². The van der Waals surface area contributed by atoms with Gasteiger partial charge in [-0.1, -0.05) is 29.8 Å². The van der Waals surface area contributed by atoms with E-state index < -0.39 is 36.6 Å². The van der Waals surface area contributed by atoms with E-state index in [4.69, 9.17) is 26.2 Å². The van der Waals surface area contributed by atoms with Crippen LogP contribution in [0.1, 0.15) is 56.6 Å². The van der Waals surface area contributed by atoms with Crippen LogP contribution in [0.3, 0.4) is 0 Å². The van der Waals surface area contributed by atoms with E-state index in [-0.39, 0.29) is 25.0 Å². The first kappa shape index (κ1) is 36.5. The van der Waals surface area contributed by atoms with Crippen molar-refractivity contribution in [3.05, 3.63) is 77.1 Å². The lowest BCUT2D eigenvalue weighted by Gasteiger charge is -2.30. The molecule has 2 fully saturated rings. The van der Waals surface area contributed by atoms with Gasteiger partial charge in [0.1, 0.15) is 30.2 Å². The number of rotatable bonds is 19. The highest BCUT2D eigenvalue weighted by molar-refractivity contribution is 7.99. The summed E-state index contributed by atoms with van der Waals surface area (Å²) in [6, 6.07) is 16.0. The largest absolute Gasteiger partial charge is 0.490 e. The Morgan fingerprint density at radius 2 is 1.81 bits per heavy atom. The molecule has 10 nitrogen and oxygen atoms in total. The first-order chi connectivity index (χ1) is 23.2. The Morgan fingerprint density at radius 3 is 2.52 bits per heavy atom. The van der Waals surface area contributed by atoms with E-state index in [1.54, 1.807) is 24.9 Å². The van der Waals surface area contributed by atoms with Gasteiger partial charge in [-0.3, -0.25) is 9.78 Å². The summed E-state index contributed by atoms with van der Waals surface area (Å²) in [6.45, 7) is 1.43. The Balaban J connectivity index is 1.14. The number of amides is 1. The van der Waals surface area contributed by atoms with Crippen molar-refractivity contribution in [1.29, 1.82) is 0 Å². The maximum absolute atomic E-state index is 12.8. The lowest BCUT2D eigenvalue weighted by Crippen LogP contribution is -2.50. The molecular weight excluding hydrogens is 656 g/mol. The van der Waals surface area contributed by atoms with Crippen LogP contribution in [0.4, 0.5) is 0 Å². The highest BCUT2D eigenvalue weighted by Gasteiger charge is 2.48. The van der Waals surface area contributed by atoms with Crippen LogP contribution in [-0.4, -0.2) is 97.3 Å². The summed E-state index contributed by atoms with van der Waals surface area (Å²) in [5, 5.41) is 49.4. The highest BCUT2D eigenvalue weighted by atomic mass is 35.5. The summed E-state index contributed by atoms with van der Waals surface area (Å²) in [6.07, 6.45) is 2.22. The van der Waals surface area contributed by atoms with Crippen molar-refractivity contribution in [2.75, 3.05) is 25.4 Å². The van der Waals surface area contributed by atoms with E-state index in [2.05, 4.69) is 11.1 Å². The number of hydrogen-bond donors (Lipinski definition) is 5. The summed E-state index contributed by atoms with van der Waals surface area (Å²) >= 11 is 8.21. The van der Waals surface area contributed by atoms with Gasteiger partial charge in [-0.2, -0.15) is 0 Å². The summed E-state index contributed by atoms with van der Waals surface area (Å²) in [4.78, 5) is 19.7. The summed E-state index contributed by atoms with van der Waals surface area (Å²) in [5.74, 6) is 1.35. The third kappa shape index (κ3) is 9.28. The molecule has 2 aliphatic rings. The number of pyridine rings is 1. The number of ether oxygens (including phenoxy) is 2. The molecule has 2 saturated carbocycles. The lowest BCUT2D eigenvalue weighted by molar-refractivity contribution is -0.139. The molecule has 0 radical (unpaired) electrons. The van der Waals surface area contributed by atoms with Gasteiger partial charge in [-0.05, 0) is 86.2 Å². The second-order valence-electron chi connectivity index (χ2n) is 12.5. The number of nitrogens with zero attached hydrogens (tertiary/aromatic N) is 2. The van der Waals surface area contributed by atoms with Crippen LogP contribution in [0.2, 0.25) is 5.02 Å². The van der Waals surface area contributed by atoms with Crippen molar-refractivity contribution in [3.8, 4) is 16.9 Å². The fourth-order valence-corrected chi connectivity index (χ4v) is 6.68. The van der Waals surface area contributed by atoms with E-state index >= 15 is 0 Å². The molecule has 3 aromatic rings. The number of aliphatic hydroxyl groups excluding tert-OH is 5. The average Bonchev–Trinajstić information content (AvgIpc) is 4.05. The van der Waals surface area contributed by atoms with Gasteiger partial charge in [-0.15, -0.1) is 11.8 Å². The van der Waals surface area contributed by atoms with E-state index in [0.29, 0.717) is 30.3 Å². The summed E-state index contributed by atoms with van der Waals surface area (Å²) in [7, 11) is 0. The number of thioether (sulfide) groups is 1. The fraction of sp³-hybridized carbons (Fsp3) is 0.500. The maximum atomic E-state index is 12.8. The molecule has 5 N–H and O–H groups in total. The number of benzene rings is 2. The van der Waals surface area contributed by atoms with Crippen LogP contribution in [-0.2, 0) is 21.7 Å². The van der Waals surface area contributed by atoms with Crippen molar-refractivity contribution in [2.24, 2.45) is 0 Å². The SMILES string of the molecule is CCN(CC(O)C(O)C(O)C(O)CO)C(=O)CCCSc1ccc(Cl)c(COC2(c3cnccc3-c3ccccc3OC3CC3)CC2)c1. The average molecular weight is 701 g/mol. The van der Waals surface area contributed by atoms with Crippen molar-refractivity contribution in [2.45, 2.75) is 93.1 Å². The second kappa shape index (κ2) is 16.8. The number of aromatic nitrogens is 1. The van der Waals surface area contributed by atoms with Gasteiger partial charge in [0.05, 0.1) is 24.9 Å². The molecule has 1 amide bonds. The normalized spacial score (nSPS) is 17.7. The topological polar surface area (TPSA) is 153 Å². The number of aliphatic hydroxyl groups is 5. The monoisotopic (exact) mass is 700 g/mol. The second-order valence-corrected chi connectivity index (χ2v) is 14.0. The molecule has 1 heterocycles. The van der Waals surface area contributed by atoms with Gasteiger partial charge in [-0.25, -0.2) is 0 Å². The molecule has 48 heavy (non-hydrogen) atoms. The number of carbonyl (C=O) groups excluding carboxylic acids is 1. The standard InChI is InChI=1S/C36H45ClN2O8S/c1-2-39(20-30(41)34(44)35(45)31(42)21-40)33(43)8-5-17-48-25-11-12-29(37)23(18-25)22-46-36(14-15-36)28-19-38-16-13-26(28)27-6-3-4-7-32(27)47-24-9-10-24/h3-4,6-7,11-13,16,18-19,24,30-31,34-35,40-42,44-45H,2,5,8-10,14-15,17,20-22H2,1H3. The Hall–Kier alpha value is -2.74. The quantitative estimate of drug-likeness (QED) is 0.0904. The van der Waals surface area contributed by atoms with Gasteiger partial charge in [0.15, 0.2) is 0 Å². The first-order valence-corrected chi connectivity index (χ1v) is 17.9. The third-order valence-electron chi connectivity index (χ3n) is 8.80. The van der Waals surface area contributed by atoms with Gasteiger partial charge >= 0.3 is 0 Å². The first-order valence-electron chi connectivity index (χ1n) is 16.5. The van der Waals surface area contributed by atoms with Crippen LogP contribution in [0.25, 0.3) is 11.1 Å². The smallest absolute Gasteiger partial charge is 0.222 e. The Kier molecular flexibility index (Phi) is 12.8. The molecular formula is C36H45ClN2O8S. The summed E-state index contributed by atoms with van der Waals surface area (Å²) < 4.78 is 12.8. The van der Waals surface area contributed by atoms with Crippen molar-refractivity contribution < 1.29 is 39.8 Å². The molecule has 0 bridgehead atoms. The number of carbonyl (C=O) groups is 1. The van der Waals surface area contributed by atoms with Gasteiger partial charge in [0.25, 0.3) is 0 Å². The Morgan fingerprint density at radius 1 is 1.06 bits per heavy atom. The molecule has 0 aliphatic heterocycles. The van der Waals surface area contributed by atoms with E-state index in [1.165, 1.54) is 4.90 Å². The highest BCUT2D eigenvalue weighted by Crippen LogP contribution is 2.53. The molecule has 4 unspecified atom stereocenters. The van der Waals surface area contributed by atoms with Gasteiger partial charge < -0.3 is 39.9 Å². The number of likely N-dealkylation sites (N-methyl/N-ethyl adjacent to an activating group) is 1. The predicted octanol–water partition coefficient (Wildman–Crippen LogP) is 4.31. The zero-order valence-corrected chi connectivity index (χ0v) is 28.7. The zero-order valence-electron chi connectivity index (χ0n) is 27.1. The number of para-hydroxylation sites is 1. The molecule has 12 heteroatoms. The van der Waals surface area contributed by atoms with Crippen LogP contribution in [0, 0.1) is 0 Å². The van der Waals surface area contributed by atoms with E-state index in [9.17, 15) is 25.2 Å². The predicted molar refractivity (Wildman–Crippen MR) is 184 cm³/mol. The van der Waals surface area contributed by atoms with Crippen LogP contribution < -0.4 is 4.74 Å². The molecule has 4 atom stereocenters. The molecule has 2 aromatic carbocycles. The molecule has 260 valence electrons. The van der Waals surface area contributed by atoms with E-state index in [1.807, 2.05) is 48.7 Å². The zero-order chi connectivity index (χ0) is 34.3. The number of hydrogen-bond acceptors (Lipinski definition) is 10. The minimum atomic E-state index is -1.73. The Labute approximate surface area is 290 Å². The molecule has 0 saturated heterocycles. The molecule has 0 spiro atoms. The minimum Gasteiger partial charge on any atom is -0.490 e. The van der Waals surface area contributed by atoms with Crippen molar-refractivity contribution >= 4 is 29.3 Å². The minimum absolute atomic E-state index is 0.196. The van der Waals surface area contributed by atoms with Crippen LogP contribution in [0.15, 0.2) is 65.8 Å². The lowest BCUT2D eigenvalue weighted by atomic mass is 9.96. The summed E-state index contributed by atoms with van der Waals surface area (Å²) in [5.41, 5.74) is 3.58. The van der Waals surface area contributed by atoms with Crippen LogP contribution in [0.5, 0.6) is 5.75 Å². The van der Waals surface area contributed by atoms with Gasteiger partial charge in [0, 0.05) is 52.9 Å².